The van der Waals surface area contributed by atoms with Crippen LogP contribution in [-0.4, -0.2) is 43.9 Å². The molecule has 0 saturated heterocycles. The zero-order chi connectivity index (χ0) is 27.5. The van der Waals surface area contributed by atoms with Crippen LogP contribution in [0.4, 0.5) is 0 Å². The monoisotopic (exact) mass is 514 g/mol. The Bertz CT molecular complexity index is 621. The molecule has 0 aliphatic heterocycles. The van der Waals surface area contributed by atoms with E-state index in [1.54, 1.807) is 6.92 Å². The lowest BCUT2D eigenvalue weighted by molar-refractivity contribution is -0.207. The van der Waals surface area contributed by atoms with E-state index in [2.05, 4.69) is 13.8 Å². The van der Waals surface area contributed by atoms with Crippen molar-refractivity contribution in [2.75, 3.05) is 0 Å². The van der Waals surface area contributed by atoms with Gasteiger partial charge < -0.3 is 20.4 Å². The van der Waals surface area contributed by atoms with Gasteiger partial charge in [0.25, 0.3) is 0 Å². The van der Waals surface area contributed by atoms with E-state index in [4.69, 9.17) is 0 Å². The zero-order valence-corrected chi connectivity index (χ0v) is 23.2. The van der Waals surface area contributed by atoms with Crippen molar-refractivity contribution in [3.63, 3.8) is 0 Å². The van der Waals surface area contributed by atoms with E-state index < -0.39 is 34.8 Å². The summed E-state index contributed by atoms with van der Waals surface area (Å²) in [6, 6.07) is 0. The van der Waals surface area contributed by atoms with Gasteiger partial charge in [0, 0.05) is 0 Å². The third-order valence-corrected chi connectivity index (χ3v) is 7.76. The molecule has 0 saturated carbocycles. The molecule has 3 unspecified atom stereocenters. The lowest BCUT2D eigenvalue weighted by atomic mass is 9.59. The van der Waals surface area contributed by atoms with Gasteiger partial charge in [-0.2, -0.15) is 0 Å². The van der Waals surface area contributed by atoms with Crippen LogP contribution >= 0.6 is 0 Å². The van der Waals surface area contributed by atoms with Gasteiger partial charge >= 0.3 is 17.9 Å². The summed E-state index contributed by atoms with van der Waals surface area (Å²) in [7, 11) is 0. The van der Waals surface area contributed by atoms with Gasteiger partial charge in [-0.15, -0.1) is 0 Å². The molecular weight excluding hydrogens is 460 g/mol. The molecule has 0 fully saturated rings. The van der Waals surface area contributed by atoms with Gasteiger partial charge in [-0.3, -0.25) is 9.59 Å². The van der Waals surface area contributed by atoms with Crippen molar-refractivity contribution in [1.29, 1.82) is 0 Å². The van der Waals surface area contributed by atoms with Crippen LogP contribution in [-0.2, 0) is 14.4 Å². The maximum Gasteiger partial charge on any atom is 0.337 e. The maximum atomic E-state index is 12.7. The Morgan fingerprint density at radius 1 is 0.556 bits per heavy atom. The molecule has 0 rings (SSSR count). The number of carbonyl (C=O) groups is 3. The van der Waals surface area contributed by atoms with Crippen LogP contribution in [0.15, 0.2) is 0 Å². The maximum absolute atomic E-state index is 12.7. The van der Waals surface area contributed by atoms with E-state index in [0.29, 0.717) is 19.3 Å². The van der Waals surface area contributed by atoms with Crippen LogP contribution < -0.4 is 0 Å². The molecule has 0 radical (unpaired) electrons. The summed E-state index contributed by atoms with van der Waals surface area (Å²) in [6.45, 7) is 6.00. The Morgan fingerprint density at radius 3 is 1.19 bits per heavy atom. The van der Waals surface area contributed by atoms with Gasteiger partial charge in [0.15, 0.2) is 5.60 Å². The van der Waals surface area contributed by atoms with Crippen LogP contribution in [0.1, 0.15) is 149 Å². The number of hydrogen-bond donors (Lipinski definition) is 4. The first kappa shape index (κ1) is 34.4. The zero-order valence-electron chi connectivity index (χ0n) is 23.2. The highest BCUT2D eigenvalue weighted by Crippen LogP contribution is 2.48. The van der Waals surface area contributed by atoms with Gasteiger partial charge in [-0.25, -0.2) is 4.79 Å². The second-order valence-electron chi connectivity index (χ2n) is 10.6. The van der Waals surface area contributed by atoms with E-state index in [0.717, 1.165) is 57.8 Å². The molecule has 0 bridgehead atoms. The van der Waals surface area contributed by atoms with Crippen LogP contribution in [0, 0.1) is 11.3 Å². The van der Waals surface area contributed by atoms with Gasteiger partial charge in [0.2, 0.25) is 0 Å². The minimum Gasteiger partial charge on any atom is -0.481 e. The molecule has 0 spiro atoms. The Labute approximate surface area is 219 Å². The van der Waals surface area contributed by atoms with Gasteiger partial charge in [-0.05, 0) is 19.3 Å². The number of aliphatic carboxylic acids is 3. The standard InChI is InChI=1S/C29H54O7/c1-4-7-9-11-13-14-15-16-18-20-23-28(26(32)33,22-19-17-12-10-8-5-2)29(36,27(34)35)24(21-6-3)25(30)31/h24,36H,4-23H2,1-3H3,(H,30,31)(H,32,33)(H,34,35). The second-order valence-corrected chi connectivity index (χ2v) is 10.6. The largest absolute Gasteiger partial charge is 0.481 e. The Hall–Kier alpha value is -1.63. The van der Waals surface area contributed by atoms with Crippen molar-refractivity contribution in [2.45, 2.75) is 155 Å². The highest BCUT2D eigenvalue weighted by atomic mass is 16.4. The number of rotatable bonds is 25. The van der Waals surface area contributed by atoms with E-state index in [1.165, 1.54) is 32.1 Å². The van der Waals surface area contributed by atoms with E-state index in [-0.39, 0.29) is 19.3 Å². The van der Waals surface area contributed by atoms with Gasteiger partial charge in [0.1, 0.15) is 5.41 Å². The van der Waals surface area contributed by atoms with Crippen molar-refractivity contribution >= 4 is 17.9 Å². The molecule has 0 aliphatic rings. The fourth-order valence-corrected chi connectivity index (χ4v) is 5.49. The summed E-state index contributed by atoms with van der Waals surface area (Å²) in [4.78, 5) is 37.3. The Kier molecular flexibility index (Phi) is 18.6. The topological polar surface area (TPSA) is 132 Å². The molecule has 0 aromatic heterocycles. The van der Waals surface area contributed by atoms with Gasteiger partial charge in [0.05, 0.1) is 5.92 Å². The molecule has 0 amide bonds. The second kappa shape index (κ2) is 19.5. The summed E-state index contributed by atoms with van der Waals surface area (Å²) in [5, 5.41) is 41.9. The van der Waals surface area contributed by atoms with Crippen molar-refractivity contribution in [2.24, 2.45) is 11.3 Å². The average molecular weight is 515 g/mol. The van der Waals surface area contributed by atoms with Crippen molar-refractivity contribution in [3.8, 4) is 0 Å². The number of aliphatic hydroxyl groups is 1. The van der Waals surface area contributed by atoms with E-state index in [9.17, 15) is 34.8 Å². The minimum atomic E-state index is -2.87. The molecule has 4 N–H and O–H groups in total. The highest BCUT2D eigenvalue weighted by molar-refractivity contribution is 5.93. The first-order valence-corrected chi connectivity index (χ1v) is 14.6. The number of unbranched alkanes of at least 4 members (excludes halogenated alkanes) is 14. The van der Waals surface area contributed by atoms with E-state index >= 15 is 0 Å². The van der Waals surface area contributed by atoms with Gasteiger partial charge in [-0.1, -0.05) is 130 Å². The first-order valence-electron chi connectivity index (χ1n) is 14.6. The summed E-state index contributed by atoms with van der Waals surface area (Å²) in [5.41, 5.74) is -4.91. The molecule has 36 heavy (non-hydrogen) atoms. The van der Waals surface area contributed by atoms with Crippen molar-refractivity contribution < 1.29 is 34.8 Å². The first-order chi connectivity index (χ1) is 17.2. The normalized spacial score (nSPS) is 15.7. The third-order valence-electron chi connectivity index (χ3n) is 7.76. The summed E-state index contributed by atoms with van der Waals surface area (Å²) >= 11 is 0. The molecule has 0 aliphatic carbocycles. The highest BCUT2D eigenvalue weighted by Gasteiger charge is 2.65. The fraction of sp³-hybridized carbons (Fsp3) is 0.897. The van der Waals surface area contributed by atoms with Crippen LogP contribution in [0.3, 0.4) is 0 Å². The van der Waals surface area contributed by atoms with Crippen LogP contribution in [0.2, 0.25) is 0 Å². The molecular formula is C29H54O7. The number of carboxylic acid groups (broad SMARTS) is 3. The molecule has 0 aromatic carbocycles. The SMILES string of the molecule is CCCCCCCCCCCCC(CCCCCCCC)(C(=O)O)C(O)(C(=O)O)C(CCC)C(=O)O. The van der Waals surface area contributed by atoms with Crippen molar-refractivity contribution in [1.82, 2.24) is 0 Å². The molecule has 0 aromatic rings. The third kappa shape index (κ3) is 10.8. The minimum absolute atomic E-state index is 0.0376. The Balaban J connectivity index is 5.55. The lowest BCUT2D eigenvalue weighted by Crippen LogP contribution is -2.64. The molecule has 212 valence electrons. The van der Waals surface area contributed by atoms with Crippen molar-refractivity contribution in [3.05, 3.63) is 0 Å². The van der Waals surface area contributed by atoms with Crippen LogP contribution in [0.5, 0.6) is 0 Å². The lowest BCUT2D eigenvalue weighted by Gasteiger charge is -2.44. The molecule has 3 atom stereocenters. The smallest absolute Gasteiger partial charge is 0.337 e. The summed E-state index contributed by atoms with van der Waals surface area (Å²) in [6.07, 6.45) is 15.9. The fourth-order valence-electron chi connectivity index (χ4n) is 5.49. The average Bonchev–Trinajstić information content (AvgIpc) is 2.83. The Morgan fingerprint density at radius 2 is 0.917 bits per heavy atom. The molecule has 7 heteroatoms. The summed E-state index contributed by atoms with van der Waals surface area (Å²) < 4.78 is 0. The molecule has 0 heterocycles. The molecule has 7 nitrogen and oxygen atoms in total. The predicted octanol–water partition coefficient (Wildman–Crippen LogP) is 7.44. The van der Waals surface area contributed by atoms with E-state index in [1.807, 2.05) is 0 Å². The number of hydrogen-bond acceptors (Lipinski definition) is 4. The van der Waals surface area contributed by atoms with Crippen LogP contribution in [0.25, 0.3) is 0 Å². The summed E-state index contributed by atoms with van der Waals surface area (Å²) in [5.74, 6) is -6.29. The quantitative estimate of drug-likeness (QED) is 0.0931. The number of carboxylic acids is 3. The predicted molar refractivity (Wildman–Crippen MR) is 143 cm³/mol.